The van der Waals surface area contributed by atoms with Crippen LogP contribution >= 0.6 is 11.8 Å². The summed E-state index contributed by atoms with van der Waals surface area (Å²) in [5.74, 6) is 8.94. The molecule has 0 atom stereocenters. The number of thioether (sulfide) groups is 1. The van der Waals surface area contributed by atoms with Crippen molar-refractivity contribution in [2.45, 2.75) is 31.9 Å². The van der Waals surface area contributed by atoms with Gasteiger partial charge in [-0.2, -0.15) is 11.8 Å². The van der Waals surface area contributed by atoms with Crippen LogP contribution in [0.5, 0.6) is 0 Å². The summed E-state index contributed by atoms with van der Waals surface area (Å²) < 4.78 is 0.353. The van der Waals surface area contributed by atoms with Gasteiger partial charge in [-0.1, -0.05) is 13.8 Å². The average Bonchev–Trinajstić information content (AvgIpc) is 2.49. The molecule has 1 aliphatic heterocycles. The standard InChI is InChI=1S/C12H21N5S/c1-9-14-10(16-13)8-11(15-9)17-5-4-12(2,3)18-7-6-17/h8H,4-7,13H2,1-3H3,(H,14,15,16). The van der Waals surface area contributed by atoms with Gasteiger partial charge in [-0.05, 0) is 13.3 Å². The van der Waals surface area contributed by atoms with Gasteiger partial charge in [-0.25, -0.2) is 15.8 Å². The molecule has 0 radical (unpaired) electrons. The van der Waals surface area contributed by atoms with Crippen LogP contribution in [-0.2, 0) is 0 Å². The van der Waals surface area contributed by atoms with E-state index in [1.165, 1.54) is 0 Å². The molecule has 1 saturated heterocycles. The Morgan fingerprint density at radius 1 is 1.39 bits per heavy atom. The Morgan fingerprint density at radius 2 is 2.17 bits per heavy atom. The Bertz CT molecular complexity index is 421. The number of hydrazine groups is 1. The highest BCUT2D eigenvalue weighted by Crippen LogP contribution is 2.32. The molecule has 1 aliphatic rings. The smallest absolute Gasteiger partial charge is 0.145 e. The first kappa shape index (κ1) is 13.4. The molecule has 1 fully saturated rings. The van der Waals surface area contributed by atoms with Crippen LogP contribution in [0, 0.1) is 6.92 Å². The third kappa shape index (κ3) is 3.26. The van der Waals surface area contributed by atoms with Gasteiger partial charge in [0.2, 0.25) is 0 Å². The van der Waals surface area contributed by atoms with Crippen molar-refractivity contribution in [3.8, 4) is 0 Å². The van der Waals surface area contributed by atoms with Gasteiger partial charge in [0.25, 0.3) is 0 Å². The molecule has 0 saturated carbocycles. The quantitative estimate of drug-likeness (QED) is 0.629. The maximum atomic E-state index is 5.43. The summed E-state index contributed by atoms with van der Waals surface area (Å²) in [5.41, 5.74) is 2.60. The van der Waals surface area contributed by atoms with E-state index in [4.69, 9.17) is 5.84 Å². The minimum atomic E-state index is 0.353. The molecule has 5 nitrogen and oxygen atoms in total. The van der Waals surface area contributed by atoms with Crippen LogP contribution in [0.25, 0.3) is 0 Å². The Hall–Kier alpha value is -1.01. The fraction of sp³-hybridized carbons (Fsp3) is 0.667. The van der Waals surface area contributed by atoms with E-state index in [1.54, 1.807) is 0 Å². The first-order valence-electron chi connectivity index (χ1n) is 6.21. The second-order valence-corrected chi connectivity index (χ2v) is 6.95. The number of nitrogens with two attached hydrogens (primary N) is 1. The minimum absolute atomic E-state index is 0.353. The average molecular weight is 267 g/mol. The first-order chi connectivity index (χ1) is 8.50. The SMILES string of the molecule is Cc1nc(NN)cc(N2CCSC(C)(C)CC2)n1. The number of hydrogen-bond donors (Lipinski definition) is 2. The molecule has 6 heteroatoms. The van der Waals surface area contributed by atoms with Crippen LogP contribution in [-0.4, -0.2) is 33.6 Å². The van der Waals surface area contributed by atoms with Crippen LogP contribution in [0.2, 0.25) is 0 Å². The maximum Gasteiger partial charge on any atom is 0.145 e. The predicted molar refractivity (Wildman–Crippen MR) is 77.9 cm³/mol. The van der Waals surface area contributed by atoms with E-state index >= 15 is 0 Å². The molecule has 0 aliphatic carbocycles. The molecule has 0 aromatic carbocycles. The highest BCUT2D eigenvalue weighted by Gasteiger charge is 2.24. The molecule has 2 heterocycles. The van der Waals surface area contributed by atoms with Gasteiger partial charge >= 0.3 is 0 Å². The lowest BCUT2D eigenvalue weighted by molar-refractivity contribution is 0.634. The van der Waals surface area contributed by atoms with Crippen molar-refractivity contribution in [3.05, 3.63) is 11.9 Å². The number of nitrogens with zero attached hydrogens (tertiary/aromatic N) is 3. The lowest BCUT2D eigenvalue weighted by Crippen LogP contribution is -2.28. The maximum absolute atomic E-state index is 5.43. The Labute approximate surface area is 113 Å². The predicted octanol–water partition coefficient (Wildman–Crippen LogP) is 1.79. The van der Waals surface area contributed by atoms with Crippen molar-refractivity contribution in [1.29, 1.82) is 0 Å². The normalized spacial score (nSPS) is 19.4. The van der Waals surface area contributed by atoms with E-state index in [0.717, 1.165) is 36.9 Å². The van der Waals surface area contributed by atoms with Gasteiger partial charge in [-0.3, -0.25) is 0 Å². The molecule has 18 heavy (non-hydrogen) atoms. The van der Waals surface area contributed by atoms with Crippen molar-refractivity contribution < 1.29 is 0 Å². The van der Waals surface area contributed by atoms with E-state index < -0.39 is 0 Å². The summed E-state index contributed by atoms with van der Waals surface area (Å²) in [5, 5.41) is 0. The Morgan fingerprint density at radius 3 is 2.89 bits per heavy atom. The number of rotatable bonds is 2. The summed E-state index contributed by atoms with van der Waals surface area (Å²) in [7, 11) is 0. The molecule has 1 aromatic heterocycles. The molecule has 2 rings (SSSR count). The molecular formula is C12H21N5S. The van der Waals surface area contributed by atoms with Crippen LogP contribution in [0.3, 0.4) is 0 Å². The molecule has 100 valence electrons. The molecule has 3 N–H and O–H groups in total. The van der Waals surface area contributed by atoms with Crippen LogP contribution in [0.4, 0.5) is 11.6 Å². The first-order valence-corrected chi connectivity index (χ1v) is 7.20. The lowest BCUT2D eigenvalue weighted by Gasteiger charge is -2.23. The number of aromatic nitrogens is 2. The highest BCUT2D eigenvalue weighted by molar-refractivity contribution is 8.00. The number of aryl methyl sites for hydroxylation is 1. The summed E-state index contributed by atoms with van der Waals surface area (Å²) in [6.45, 7) is 8.55. The molecular weight excluding hydrogens is 246 g/mol. The van der Waals surface area contributed by atoms with Gasteiger partial charge in [-0.15, -0.1) is 0 Å². The van der Waals surface area contributed by atoms with E-state index in [1.807, 2.05) is 24.8 Å². The van der Waals surface area contributed by atoms with Gasteiger partial charge in [0.1, 0.15) is 17.5 Å². The van der Waals surface area contributed by atoms with Gasteiger partial charge in [0.05, 0.1) is 0 Å². The zero-order valence-corrected chi connectivity index (χ0v) is 12.0. The second kappa shape index (κ2) is 5.32. The lowest BCUT2D eigenvalue weighted by atomic mass is 10.1. The fourth-order valence-corrected chi connectivity index (χ4v) is 3.14. The largest absolute Gasteiger partial charge is 0.356 e. The summed E-state index contributed by atoms with van der Waals surface area (Å²) in [6.07, 6.45) is 1.16. The number of anilines is 2. The van der Waals surface area contributed by atoms with Crippen molar-refractivity contribution >= 4 is 23.4 Å². The minimum Gasteiger partial charge on any atom is -0.356 e. The third-order valence-corrected chi connectivity index (χ3v) is 4.51. The number of nitrogen functional groups attached to an aromatic ring is 1. The van der Waals surface area contributed by atoms with E-state index in [0.29, 0.717) is 10.6 Å². The molecule has 0 spiro atoms. The number of nitrogens with one attached hydrogen (secondary N) is 1. The molecule has 0 unspecified atom stereocenters. The topological polar surface area (TPSA) is 67.1 Å². The second-order valence-electron chi connectivity index (χ2n) is 5.15. The van der Waals surface area contributed by atoms with Crippen molar-refractivity contribution in [2.75, 3.05) is 29.2 Å². The third-order valence-electron chi connectivity index (χ3n) is 3.13. The summed E-state index contributed by atoms with van der Waals surface area (Å²) in [4.78, 5) is 11.0. The fourth-order valence-electron chi connectivity index (χ4n) is 2.04. The van der Waals surface area contributed by atoms with Gasteiger partial charge in [0.15, 0.2) is 0 Å². The zero-order valence-electron chi connectivity index (χ0n) is 11.2. The summed E-state index contributed by atoms with van der Waals surface area (Å²) in [6, 6.07) is 1.91. The van der Waals surface area contributed by atoms with Crippen molar-refractivity contribution in [3.63, 3.8) is 0 Å². The number of hydrogen-bond acceptors (Lipinski definition) is 6. The van der Waals surface area contributed by atoms with Crippen LogP contribution in [0.15, 0.2) is 6.07 Å². The zero-order chi connectivity index (χ0) is 13.2. The van der Waals surface area contributed by atoms with E-state index in [9.17, 15) is 0 Å². The van der Waals surface area contributed by atoms with Crippen molar-refractivity contribution in [1.82, 2.24) is 9.97 Å². The monoisotopic (exact) mass is 267 g/mol. The Balaban J connectivity index is 2.18. The Kier molecular flexibility index (Phi) is 3.97. The van der Waals surface area contributed by atoms with Gasteiger partial charge < -0.3 is 10.3 Å². The van der Waals surface area contributed by atoms with Crippen LogP contribution in [0.1, 0.15) is 26.1 Å². The molecule has 0 bridgehead atoms. The van der Waals surface area contributed by atoms with E-state index in [-0.39, 0.29) is 0 Å². The summed E-state index contributed by atoms with van der Waals surface area (Å²) >= 11 is 2.03. The van der Waals surface area contributed by atoms with Gasteiger partial charge in [0, 0.05) is 29.7 Å². The van der Waals surface area contributed by atoms with E-state index in [2.05, 4.69) is 34.1 Å². The molecule has 1 aromatic rings. The highest BCUT2D eigenvalue weighted by atomic mass is 32.2. The van der Waals surface area contributed by atoms with Crippen LogP contribution < -0.4 is 16.2 Å². The van der Waals surface area contributed by atoms with Crippen molar-refractivity contribution in [2.24, 2.45) is 5.84 Å². The molecule has 0 amide bonds.